The van der Waals surface area contributed by atoms with Crippen LogP contribution in [0.15, 0.2) is 84.0 Å². The number of halogens is 1. The van der Waals surface area contributed by atoms with Gasteiger partial charge < -0.3 is 9.47 Å². The Morgan fingerprint density at radius 2 is 1.71 bits per heavy atom. The number of hydrazone groups is 1. The molecule has 3 aromatic rings. The van der Waals surface area contributed by atoms with Gasteiger partial charge in [-0.25, -0.2) is 9.82 Å². The van der Waals surface area contributed by atoms with Gasteiger partial charge in [0, 0.05) is 0 Å². The first kappa shape index (κ1) is 19.1. The second-order valence-corrected chi connectivity index (χ2v) is 5.88. The smallest absolute Gasteiger partial charge is 0.277 e. The summed E-state index contributed by atoms with van der Waals surface area (Å²) in [4.78, 5) is 11.8. The van der Waals surface area contributed by atoms with Gasteiger partial charge in [0.05, 0.1) is 6.21 Å². The molecule has 0 aliphatic heterocycles. The van der Waals surface area contributed by atoms with Gasteiger partial charge in [0.2, 0.25) is 0 Å². The minimum absolute atomic E-state index is 0.219. The van der Waals surface area contributed by atoms with Gasteiger partial charge in [0.15, 0.2) is 6.61 Å². The van der Waals surface area contributed by atoms with Gasteiger partial charge in [0.25, 0.3) is 5.91 Å². The third-order valence-corrected chi connectivity index (χ3v) is 3.69. The molecule has 0 unspecified atom stereocenters. The summed E-state index contributed by atoms with van der Waals surface area (Å²) in [5.74, 6) is 0.330. The lowest BCUT2D eigenvalue weighted by Crippen LogP contribution is -2.24. The van der Waals surface area contributed by atoms with Crippen LogP contribution in [-0.4, -0.2) is 18.7 Å². The van der Waals surface area contributed by atoms with Crippen LogP contribution in [0.1, 0.15) is 11.1 Å². The molecule has 0 fully saturated rings. The third-order valence-electron chi connectivity index (χ3n) is 3.69. The largest absolute Gasteiger partial charge is 0.489 e. The van der Waals surface area contributed by atoms with E-state index in [4.69, 9.17) is 9.47 Å². The van der Waals surface area contributed by atoms with Crippen LogP contribution in [0.4, 0.5) is 4.39 Å². The lowest BCUT2D eigenvalue weighted by molar-refractivity contribution is -0.123. The Hall–Kier alpha value is -3.67. The second kappa shape index (κ2) is 9.87. The van der Waals surface area contributed by atoms with Crippen molar-refractivity contribution < 1.29 is 18.7 Å². The Balaban J connectivity index is 1.45. The van der Waals surface area contributed by atoms with Crippen molar-refractivity contribution in [1.82, 2.24) is 5.43 Å². The molecule has 0 bridgehead atoms. The van der Waals surface area contributed by atoms with Crippen LogP contribution in [0.5, 0.6) is 11.5 Å². The normalized spacial score (nSPS) is 10.6. The van der Waals surface area contributed by atoms with Crippen molar-refractivity contribution in [3.63, 3.8) is 0 Å². The Bertz CT molecular complexity index is 928. The van der Waals surface area contributed by atoms with Gasteiger partial charge in [-0.05, 0) is 47.5 Å². The summed E-state index contributed by atoms with van der Waals surface area (Å²) < 4.78 is 23.8. The predicted molar refractivity (Wildman–Crippen MR) is 105 cm³/mol. The van der Waals surface area contributed by atoms with E-state index < -0.39 is 5.91 Å². The number of rotatable bonds is 8. The SMILES string of the molecule is O=C(COc1ccc(F)cc1)N/N=C/c1cccc(OCc2ccccc2)c1. The highest BCUT2D eigenvalue weighted by Gasteiger charge is 2.02. The fourth-order valence-electron chi connectivity index (χ4n) is 2.32. The summed E-state index contributed by atoms with van der Waals surface area (Å²) >= 11 is 0. The molecule has 0 atom stereocenters. The number of carbonyl (C=O) groups excluding carboxylic acids is 1. The molecule has 0 aromatic heterocycles. The molecular formula is C22H19FN2O3. The molecule has 3 rings (SSSR count). The maximum absolute atomic E-state index is 12.8. The van der Waals surface area contributed by atoms with Crippen molar-refractivity contribution in [1.29, 1.82) is 0 Å². The minimum Gasteiger partial charge on any atom is -0.489 e. The molecule has 28 heavy (non-hydrogen) atoms. The molecule has 0 aliphatic rings. The fourth-order valence-corrected chi connectivity index (χ4v) is 2.32. The molecular weight excluding hydrogens is 359 g/mol. The maximum Gasteiger partial charge on any atom is 0.277 e. The average molecular weight is 378 g/mol. The molecule has 5 nitrogen and oxygen atoms in total. The molecule has 6 heteroatoms. The summed E-state index contributed by atoms with van der Waals surface area (Å²) in [6.07, 6.45) is 1.52. The van der Waals surface area contributed by atoms with E-state index in [1.54, 1.807) is 0 Å². The van der Waals surface area contributed by atoms with E-state index in [-0.39, 0.29) is 12.4 Å². The predicted octanol–water partition coefficient (Wildman–Crippen LogP) is 3.93. The number of ether oxygens (including phenoxy) is 2. The number of hydrogen-bond donors (Lipinski definition) is 1. The molecule has 0 heterocycles. The van der Waals surface area contributed by atoms with Gasteiger partial charge in [-0.1, -0.05) is 42.5 Å². The molecule has 142 valence electrons. The maximum atomic E-state index is 12.8. The van der Waals surface area contributed by atoms with E-state index in [1.807, 2.05) is 54.6 Å². The number of benzene rings is 3. The molecule has 0 saturated heterocycles. The van der Waals surface area contributed by atoms with E-state index in [1.165, 1.54) is 30.5 Å². The average Bonchev–Trinajstić information content (AvgIpc) is 2.73. The lowest BCUT2D eigenvalue weighted by Gasteiger charge is -2.07. The monoisotopic (exact) mass is 378 g/mol. The van der Waals surface area contributed by atoms with Gasteiger partial charge in [0.1, 0.15) is 23.9 Å². The zero-order valence-corrected chi connectivity index (χ0v) is 15.0. The molecule has 0 saturated carbocycles. The van der Waals surface area contributed by atoms with Crippen molar-refractivity contribution in [3.8, 4) is 11.5 Å². The van der Waals surface area contributed by atoms with Crippen molar-refractivity contribution in [3.05, 3.63) is 95.8 Å². The van der Waals surface area contributed by atoms with Crippen LogP contribution in [-0.2, 0) is 11.4 Å². The summed E-state index contributed by atoms with van der Waals surface area (Å²) in [6, 6.07) is 22.7. The topological polar surface area (TPSA) is 59.9 Å². The second-order valence-electron chi connectivity index (χ2n) is 5.88. The number of nitrogens with zero attached hydrogens (tertiary/aromatic N) is 1. The van der Waals surface area contributed by atoms with E-state index in [2.05, 4.69) is 10.5 Å². The van der Waals surface area contributed by atoms with Crippen LogP contribution >= 0.6 is 0 Å². The quantitative estimate of drug-likeness (QED) is 0.477. The first-order valence-electron chi connectivity index (χ1n) is 8.66. The van der Waals surface area contributed by atoms with Gasteiger partial charge in [-0.3, -0.25) is 4.79 Å². The zero-order valence-electron chi connectivity index (χ0n) is 15.0. The van der Waals surface area contributed by atoms with Crippen LogP contribution in [0.3, 0.4) is 0 Å². The van der Waals surface area contributed by atoms with Gasteiger partial charge in [-0.2, -0.15) is 5.10 Å². The fraction of sp³-hybridized carbons (Fsp3) is 0.0909. The van der Waals surface area contributed by atoms with Crippen molar-refractivity contribution in [2.24, 2.45) is 5.10 Å². The molecule has 0 radical (unpaired) electrons. The number of nitrogens with one attached hydrogen (secondary N) is 1. The van der Waals surface area contributed by atoms with Gasteiger partial charge >= 0.3 is 0 Å². The summed E-state index contributed by atoms with van der Waals surface area (Å²) in [5, 5.41) is 3.91. The molecule has 1 amide bonds. The Morgan fingerprint density at radius 1 is 0.929 bits per heavy atom. The molecule has 0 spiro atoms. The Morgan fingerprint density at radius 3 is 2.50 bits per heavy atom. The first-order valence-corrected chi connectivity index (χ1v) is 8.66. The van der Waals surface area contributed by atoms with E-state index in [9.17, 15) is 9.18 Å². The lowest BCUT2D eigenvalue weighted by atomic mass is 10.2. The first-order chi connectivity index (χ1) is 13.7. The highest BCUT2D eigenvalue weighted by molar-refractivity contribution is 5.83. The molecule has 0 aliphatic carbocycles. The van der Waals surface area contributed by atoms with Crippen LogP contribution in [0, 0.1) is 5.82 Å². The van der Waals surface area contributed by atoms with E-state index >= 15 is 0 Å². The Kier molecular flexibility index (Phi) is 6.73. The highest BCUT2D eigenvalue weighted by atomic mass is 19.1. The molecule has 3 aromatic carbocycles. The van der Waals surface area contributed by atoms with E-state index in [0.717, 1.165) is 11.1 Å². The highest BCUT2D eigenvalue weighted by Crippen LogP contribution is 2.14. The summed E-state index contributed by atoms with van der Waals surface area (Å²) in [7, 11) is 0. The Labute approximate surface area is 162 Å². The van der Waals surface area contributed by atoms with Crippen molar-refractivity contribution >= 4 is 12.1 Å². The molecule has 1 N–H and O–H groups in total. The number of amides is 1. The number of hydrogen-bond acceptors (Lipinski definition) is 4. The zero-order chi connectivity index (χ0) is 19.6. The van der Waals surface area contributed by atoms with Crippen LogP contribution in [0.25, 0.3) is 0 Å². The van der Waals surface area contributed by atoms with E-state index in [0.29, 0.717) is 18.1 Å². The summed E-state index contributed by atoms with van der Waals surface area (Å²) in [5.41, 5.74) is 4.24. The standard InChI is InChI=1S/C22H19FN2O3/c23-19-9-11-20(12-10-19)28-16-22(26)25-24-14-18-7-4-8-21(13-18)27-15-17-5-2-1-3-6-17/h1-14H,15-16H2,(H,25,26)/b24-14+. The van der Waals surface area contributed by atoms with Gasteiger partial charge in [-0.15, -0.1) is 0 Å². The summed E-state index contributed by atoms with van der Waals surface area (Å²) in [6.45, 7) is 0.252. The minimum atomic E-state index is -0.419. The van der Waals surface area contributed by atoms with Crippen LogP contribution < -0.4 is 14.9 Å². The number of carbonyl (C=O) groups is 1. The third kappa shape index (κ3) is 6.25. The van der Waals surface area contributed by atoms with Crippen molar-refractivity contribution in [2.75, 3.05) is 6.61 Å². The van der Waals surface area contributed by atoms with Crippen molar-refractivity contribution in [2.45, 2.75) is 6.61 Å². The van der Waals surface area contributed by atoms with Crippen LogP contribution in [0.2, 0.25) is 0 Å².